The minimum Gasteiger partial charge on any atom is -0.355 e. The summed E-state index contributed by atoms with van der Waals surface area (Å²) in [6.45, 7) is 2.31. The predicted molar refractivity (Wildman–Crippen MR) is 88.0 cm³/mol. The van der Waals surface area contributed by atoms with Gasteiger partial charge in [-0.05, 0) is 30.9 Å². The van der Waals surface area contributed by atoms with Gasteiger partial charge < -0.3 is 5.32 Å². The molecule has 122 valence electrons. The second-order valence-electron chi connectivity index (χ2n) is 6.05. The number of amides is 1. The maximum Gasteiger partial charge on any atom is 0.234 e. The molecule has 0 unspecified atom stereocenters. The maximum atomic E-state index is 12.1. The average Bonchev–Trinajstić information content (AvgIpc) is 2.47. The van der Waals surface area contributed by atoms with E-state index in [2.05, 4.69) is 17.0 Å². The number of carbonyl (C=O) groups is 1. The second kappa shape index (κ2) is 7.63. The van der Waals surface area contributed by atoms with E-state index in [1.54, 1.807) is 24.3 Å². The van der Waals surface area contributed by atoms with Crippen LogP contribution in [0.1, 0.15) is 32.6 Å². The fraction of sp³-hybridized carbons (Fsp3) is 0.562. The van der Waals surface area contributed by atoms with Crippen molar-refractivity contribution < 1.29 is 13.2 Å². The monoisotopic (exact) mass is 324 g/mol. The summed E-state index contributed by atoms with van der Waals surface area (Å²) in [5, 5.41) is 2.76. The highest BCUT2D eigenvalue weighted by Gasteiger charge is 2.25. The van der Waals surface area contributed by atoms with E-state index in [4.69, 9.17) is 0 Å². The molecule has 1 saturated carbocycles. The standard InChI is InChI=1S/C16H24N2O3S/c1-13-6-5-7-14(12-13)16(19)17-10-11-22(20,21)18-15-8-3-2-4-9-15/h2-4,8-9,13-14,18H,5-7,10-12H2,1H3,(H,17,19)/t13-,14-/m0/s1. The number of nitrogens with one attached hydrogen (secondary N) is 2. The van der Waals surface area contributed by atoms with Gasteiger partial charge in [0.1, 0.15) is 0 Å². The summed E-state index contributed by atoms with van der Waals surface area (Å²) < 4.78 is 26.4. The quantitative estimate of drug-likeness (QED) is 0.843. The van der Waals surface area contributed by atoms with Gasteiger partial charge in [-0.1, -0.05) is 38.0 Å². The number of benzene rings is 1. The van der Waals surface area contributed by atoms with Gasteiger partial charge >= 0.3 is 0 Å². The molecule has 1 aliphatic rings. The third-order valence-electron chi connectivity index (χ3n) is 4.02. The van der Waals surface area contributed by atoms with Gasteiger partial charge in [-0.2, -0.15) is 0 Å². The Hall–Kier alpha value is -1.56. The van der Waals surface area contributed by atoms with Crippen LogP contribution in [0.25, 0.3) is 0 Å². The summed E-state index contributed by atoms with van der Waals surface area (Å²) in [6.07, 6.45) is 4.07. The number of anilines is 1. The molecule has 1 aromatic carbocycles. The van der Waals surface area contributed by atoms with Crippen LogP contribution in [0.5, 0.6) is 0 Å². The summed E-state index contributed by atoms with van der Waals surface area (Å²) >= 11 is 0. The van der Waals surface area contributed by atoms with Gasteiger partial charge in [0.2, 0.25) is 15.9 Å². The Labute approximate surface area is 132 Å². The number of hydrogen-bond donors (Lipinski definition) is 2. The Morgan fingerprint density at radius 3 is 2.64 bits per heavy atom. The third-order valence-corrected chi connectivity index (χ3v) is 5.31. The van der Waals surface area contributed by atoms with Crippen molar-refractivity contribution in [3.05, 3.63) is 30.3 Å². The molecule has 1 aromatic rings. The minimum absolute atomic E-state index is 0.0125. The van der Waals surface area contributed by atoms with Crippen molar-refractivity contribution in [2.75, 3.05) is 17.0 Å². The fourth-order valence-electron chi connectivity index (χ4n) is 2.86. The molecule has 5 nitrogen and oxygen atoms in total. The van der Waals surface area contributed by atoms with E-state index in [1.165, 1.54) is 6.42 Å². The van der Waals surface area contributed by atoms with E-state index in [0.717, 1.165) is 19.3 Å². The van der Waals surface area contributed by atoms with E-state index in [-0.39, 0.29) is 24.1 Å². The summed E-state index contributed by atoms with van der Waals surface area (Å²) in [6, 6.07) is 8.75. The summed E-state index contributed by atoms with van der Waals surface area (Å²) in [5.74, 6) is 0.485. The molecule has 0 aliphatic heterocycles. The first-order valence-electron chi connectivity index (χ1n) is 7.79. The molecule has 0 aromatic heterocycles. The van der Waals surface area contributed by atoms with Crippen molar-refractivity contribution in [1.82, 2.24) is 5.32 Å². The molecule has 2 N–H and O–H groups in total. The van der Waals surface area contributed by atoms with Crippen molar-refractivity contribution in [2.24, 2.45) is 11.8 Å². The minimum atomic E-state index is -3.44. The number of rotatable bonds is 6. The topological polar surface area (TPSA) is 75.3 Å². The molecule has 2 rings (SSSR count). The average molecular weight is 324 g/mol. The van der Waals surface area contributed by atoms with Gasteiger partial charge in [0.25, 0.3) is 0 Å². The fourth-order valence-corrected chi connectivity index (χ4v) is 3.83. The van der Waals surface area contributed by atoms with Crippen LogP contribution in [0.15, 0.2) is 30.3 Å². The Kier molecular flexibility index (Phi) is 5.83. The van der Waals surface area contributed by atoms with E-state index >= 15 is 0 Å². The molecule has 22 heavy (non-hydrogen) atoms. The summed E-state index contributed by atoms with van der Waals surface area (Å²) in [4.78, 5) is 12.1. The molecule has 0 radical (unpaired) electrons. The molecule has 0 saturated heterocycles. The third kappa shape index (κ3) is 5.33. The SMILES string of the molecule is C[C@H]1CCC[C@H](C(=O)NCCS(=O)(=O)Nc2ccccc2)C1. The van der Waals surface area contributed by atoms with E-state index < -0.39 is 10.0 Å². The molecule has 6 heteroatoms. The number of hydrogen-bond acceptors (Lipinski definition) is 3. The summed E-state index contributed by atoms with van der Waals surface area (Å²) in [5.41, 5.74) is 0.537. The van der Waals surface area contributed by atoms with Crippen LogP contribution in [0.3, 0.4) is 0 Å². The zero-order chi connectivity index (χ0) is 16.0. The Bertz CT molecular complexity index is 587. The van der Waals surface area contributed by atoms with E-state index in [9.17, 15) is 13.2 Å². The molecule has 1 aliphatic carbocycles. The second-order valence-corrected chi connectivity index (χ2v) is 7.89. The van der Waals surface area contributed by atoms with Crippen molar-refractivity contribution >= 4 is 21.6 Å². The largest absolute Gasteiger partial charge is 0.355 e. The molecule has 0 spiro atoms. The van der Waals surface area contributed by atoms with Gasteiger partial charge in [-0.3, -0.25) is 9.52 Å². The highest BCUT2D eigenvalue weighted by atomic mass is 32.2. The van der Waals surface area contributed by atoms with Crippen molar-refractivity contribution in [1.29, 1.82) is 0 Å². The number of para-hydroxylation sites is 1. The molecule has 1 amide bonds. The Morgan fingerprint density at radius 2 is 1.95 bits per heavy atom. The lowest BCUT2D eigenvalue weighted by molar-refractivity contribution is -0.126. The van der Waals surface area contributed by atoms with Crippen LogP contribution in [0.4, 0.5) is 5.69 Å². The van der Waals surface area contributed by atoms with Crippen LogP contribution in [0.2, 0.25) is 0 Å². The normalized spacial score (nSPS) is 22.0. The van der Waals surface area contributed by atoms with Crippen molar-refractivity contribution in [2.45, 2.75) is 32.6 Å². The molecule has 1 fully saturated rings. The van der Waals surface area contributed by atoms with Gasteiger partial charge in [0.05, 0.1) is 5.75 Å². The van der Waals surface area contributed by atoms with Crippen LogP contribution < -0.4 is 10.0 Å². The Morgan fingerprint density at radius 1 is 1.23 bits per heavy atom. The van der Waals surface area contributed by atoms with Gasteiger partial charge in [-0.15, -0.1) is 0 Å². The summed E-state index contributed by atoms with van der Waals surface area (Å²) in [7, 11) is -3.44. The zero-order valence-corrected chi connectivity index (χ0v) is 13.7. The molecular weight excluding hydrogens is 300 g/mol. The predicted octanol–water partition coefficient (Wildman–Crippen LogP) is 2.37. The van der Waals surface area contributed by atoms with Crippen LogP contribution in [0, 0.1) is 11.8 Å². The first-order chi connectivity index (χ1) is 10.5. The highest BCUT2D eigenvalue weighted by Crippen LogP contribution is 2.28. The molecule has 0 bridgehead atoms. The smallest absolute Gasteiger partial charge is 0.234 e. The first-order valence-corrected chi connectivity index (χ1v) is 9.45. The van der Waals surface area contributed by atoms with Gasteiger partial charge in [0.15, 0.2) is 0 Å². The molecular formula is C16H24N2O3S. The van der Waals surface area contributed by atoms with Gasteiger partial charge in [-0.25, -0.2) is 8.42 Å². The van der Waals surface area contributed by atoms with E-state index in [1.807, 2.05) is 6.07 Å². The lowest BCUT2D eigenvalue weighted by atomic mass is 9.82. The van der Waals surface area contributed by atoms with Crippen LogP contribution in [-0.4, -0.2) is 26.6 Å². The molecule has 0 heterocycles. The van der Waals surface area contributed by atoms with E-state index in [0.29, 0.717) is 11.6 Å². The zero-order valence-electron chi connectivity index (χ0n) is 12.9. The number of carbonyl (C=O) groups excluding carboxylic acids is 1. The van der Waals surface area contributed by atoms with Crippen LogP contribution >= 0.6 is 0 Å². The van der Waals surface area contributed by atoms with Crippen molar-refractivity contribution in [3.63, 3.8) is 0 Å². The maximum absolute atomic E-state index is 12.1. The first kappa shape index (κ1) is 16.8. The lowest BCUT2D eigenvalue weighted by Gasteiger charge is -2.25. The van der Waals surface area contributed by atoms with Crippen molar-refractivity contribution in [3.8, 4) is 0 Å². The number of sulfonamides is 1. The van der Waals surface area contributed by atoms with Crippen LogP contribution in [-0.2, 0) is 14.8 Å². The highest BCUT2D eigenvalue weighted by molar-refractivity contribution is 7.92. The lowest BCUT2D eigenvalue weighted by Crippen LogP contribution is -2.37. The molecule has 2 atom stereocenters. The van der Waals surface area contributed by atoms with Gasteiger partial charge in [0, 0.05) is 18.2 Å². The Balaban J connectivity index is 1.76.